The van der Waals surface area contributed by atoms with Crippen molar-refractivity contribution in [3.63, 3.8) is 0 Å². The number of ether oxygens (including phenoxy) is 2. The van der Waals surface area contributed by atoms with Crippen LogP contribution in [0.25, 0.3) is 0 Å². The zero-order valence-corrected chi connectivity index (χ0v) is 18.2. The van der Waals surface area contributed by atoms with Gasteiger partial charge in [-0.05, 0) is 30.5 Å². The van der Waals surface area contributed by atoms with Crippen molar-refractivity contribution in [2.75, 3.05) is 14.2 Å². The summed E-state index contributed by atoms with van der Waals surface area (Å²) in [6.07, 6.45) is 13.0. The number of methoxy groups -OCH3 is 2. The van der Waals surface area contributed by atoms with Crippen LogP contribution in [0.1, 0.15) is 89.5 Å². The van der Waals surface area contributed by atoms with E-state index in [4.69, 9.17) is 9.47 Å². The normalized spacial score (nSPS) is 12.0. The number of benzene rings is 1. The number of unbranched alkanes of at least 4 members (excludes halogenated alkanes) is 8. The molecule has 0 heterocycles. The molecule has 1 rings (SSSR count). The highest BCUT2D eigenvalue weighted by molar-refractivity contribution is 5.79. The van der Waals surface area contributed by atoms with E-state index < -0.39 is 6.10 Å². The number of aliphatic hydroxyl groups excluding tert-OH is 1. The molecule has 0 saturated carbocycles. The quantitative estimate of drug-likeness (QED) is 0.336. The van der Waals surface area contributed by atoms with E-state index in [2.05, 4.69) is 6.92 Å². The molecule has 28 heavy (non-hydrogen) atoms. The summed E-state index contributed by atoms with van der Waals surface area (Å²) in [7, 11) is 3.21. The predicted molar refractivity (Wildman–Crippen MR) is 115 cm³/mol. The van der Waals surface area contributed by atoms with Crippen molar-refractivity contribution in [3.8, 4) is 11.5 Å². The van der Waals surface area contributed by atoms with Gasteiger partial charge in [-0.15, -0.1) is 0 Å². The second kappa shape index (κ2) is 15.4. The summed E-state index contributed by atoms with van der Waals surface area (Å²) in [5.41, 5.74) is 1.04. The van der Waals surface area contributed by atoms with Gasteiger partial charge in [0, 0.05) is 12.8 Å². The fourth-order valence-corrected chi connectivity index (χ4v) is 3.48. The standard InChI is InChI=1S/C24H40O4/c1-4-5-6-7-8-9-10-11-12-13-21(25)19-22(26)16-14-20-15-17-23(27-2)24(18-20)28-3/h15,17-18,21,25H,4-14,16,19H2,1-3H3. The first-order valence-corrected chi connectivity index (χ1v) is 11.0. The molecule has 4 nitrogen and oxygen atoms in total. The van der Waals surface area contributed by atoms with E-state index in [1.807, 2.05) is 18.2 Å². The van der Waals surface area contributed by atoms with Gasteiger partial charge in [0.15, 0.2) is 11.5 Å². The monoisotopic (exact) mass is 392 g/mol. The molecule has 0 aliphatic heterocycles. The van der Waals surface area contributed by atoms with Crippen LogP contribution in [0.3, 0.4) is 0 Å². The molecule has 0 spiro atoms. The van der Waals surface area contributed by atoms with E-state index >= 15 is 0 Å². The molecule has 1 N–H and O–H groups in total. The van der Waals surface area contributed by atoms with Crippen molar-refractivity contribution in [1.82, 2.24) is 0 Å². The van der Waals surface area contributed by atoms with Gasteiger partial charge in [-0.2, -0.15) is 0 Å². The van der Waals surface area contributed by atoms with Crippen LogP contribution in [0.2, 0.25) is 0 Å². The number of carbonyl (C=O) groups excluding carboxylic acids is 1. The van der Waals surface area contributed by atoms with Crippen molar-refractivity contribution in [1.29, 1.82) is 0 Å². The molecule has 0 aromatic heterocycles. The highest BCUT2D eigenvalue weighted by Crippen LogP contribution is 2.28. The van der Waals surface area contributed by atoms with Crippen molar-refractivity contribution in [2.45, 2.75) is 96.5 Å². The minimum Gasteiger partial charge on any atom is -0.493 e. The maximum Gasteiger partial charge on any atom is 0.160 e. The van der Waals surface area contributed by atoms with Crippen LogP contribution >= 0.6 is 0 Å². The highest BCUT2D eigenvalue weighted by Gasteiger charge is 2.12. The molecule has 1 unspecified atom stereocenters. The summed E-state index contributed by atoms with van der Waals surface area (Å²) in [6.45, 7) is 2.24. The van der Waals surface area contributed by atoms with Gasteiger partial charge >= 0.3 is 0 Å². The average Bonchev–Trinajstić information content (AvgIpc) is 2.70. The Hall–Kier alpha value is -1.55. The first kappa shape index (κ1) is 24.5. The van der Waals surface area contributed by atoms with Crippen LogP contribution in [0.15, 0.2) is 18.2 Å². The van der Waals surface area contributed by atoms with Crippen LogP contribution in [0.4, 0.5) is 0 Å². The van der Waals surface area contributed by atoms with Gasteiger partial charge in [-0.25, -0.2) is 0 Å². The molecule has 0 bridgehead atoms. The molecule has 0 aliphatic carbocycles. The number of hydrogen-bond acceptors (Lipinski definition) is 4. The zero-order chi connectivity index (χ0) is 20.6. The lowest BCUT2D eigenvalue weighted by molar-refractivity contribution is -0.121. The fraction of sp³-hybridized carbons (Fsp3) is 0.708. The van der Waals surface area contributed by atoms with Gasteiger partial charge < -0.3 is 14.6 Å². The molecule has 0 saturated heterocycles. The van der Waals surface area contributed by atoms with E-state index in [1.54, 1.807) is 14.2 Å². The number of ketones is 1. The van der Waals surface area contributed by atoms with Gasteiger partial charge in [0.2, 0.25) is 0 Å². The molecule has 1 aromatic carbocycles. The van der Waals surface area contributed by atoms with Gasteiger partial charge in [-0.3, -0.25) is 4.79 Å². The van der Waals surface area contributed by atoms with Crippen molar-refractivity contribution >= 4 is 5.78 Å². The third kappa shape index (κ3) is 10.7. The fourth-order valence-electron chi connectivity index (χ4n) is 3.48. The Bertz CT molecular complexity index is 541. The minimum absolute atomic E-state index is 0.123. The summed E-state index contributed by atoms with van der Waals surface area (Å²) in [5, 5.41) is 10.1. The second-order valence-electron chi connectivity index (χ2n) is 7.70. The Balaban J connectivity index is 2.13. The van der Waals surface area contributed by atoms with Gasteiger partial charge in [-0.1, -0.05) is 70.8 Å². The third-order valence-corrected chi connectivity index (χ3v) is 5.24. The largest absolute Gasteiger partial charge is 0.493 e. The zero-order valence-electron chi connectivity index (χ0n) is 18.2. The van der Waals surface area contributed by atoms with Crippen molar-refractivity contribution in [3.05, 3.63) is 23.8 Å². The van der Waals surface area contributed by atoms with Crippen LogP contribution < -0.4 is 9.47 Å². The van der Waals surface area contributed by atoms with Crippen molar-refractivity contribution < 1.29 is 19.4 Å². The number of aryl methyl sites for hydroxylation is 1. The Labute approximate surface area is 171 Å². The summed E-state index contributed by atoms with van der Waals surface area (Å²) in [6, 6.07) is 5.72. The summed E-state index contributed by atoms with van der Waals surface area (Å²) >= 11 is 0. The Morgan fingerprint density at radius 2 is 1.54 bits per heavy atom. The smallest absolute Gasteiger partial charge is 0.160 e. The number of rotatable bonds is 17. The van der Waals surface area contributed by atoms with Crippen LogP contribution in [-0.4, -0.2) is 31.2 Å². The van der Waals surface area contributed by atoms with E-state index in [-0.39, 0.29) is 12.2 Å². The Morgan fingerprint density at radius 3 is 2.14 bits per heavy atom. The number of Topliss-reactive ketones (excluding diaryl/α,β-unsaturated/α-hetero) is 1. The van der Waals surface area contributed by atoms with Crippen LogP contribution in [0.5, 0.6) is 11.5 Å². The molecule has 4 heteroatoms. The maximum atomic E-state index is 12.1. The molecule has 1 atom stereocenters. The lowest BCUT2D eigenvalue weighted by atomic mass is 10.00. The molecule has 0 radical (unpaired) electrons. The minimum atomic E-state index is -0.498. The van der Waals surface area contributed by atoms with Gasteiger partial charge in [0.25, 0.3) is 0 Å². The molecular formula is C24H40O4. The first-order chi connectivity index (χ1) is 13.6. The Kier molecular flexibility index (Phi) is 13.5. The summed E-state index contributed by atoms with van der Waals surface area (Å²) < 4.78 is 10.5. The summed E-state index contributed by atoms with van der Waals surface area (Å²) in [4.78, 5) is 12.1. The Morgan fingerprint density at radius 1 is 0.929 bits per heavy atom. The van der Waals surface area contributed by atoms with Gasteiger partial charge in [0.05, 0.1) is 20.3 Å². The SMILES string of the molecule is CCCCCCCCCCCC(O)CC(=O)CCc1ccc(OC)c(OC)c1. The first-order valence-electron chi connectivity index (χ1n) is 11.0. The van der Waals surface area contributed by atoms with Crippen molar-refractivity contribution in [2.24, 2.45) is 0 Å². The third-order valence-electron chi connectivity index (χ3n) is 5.24. The molecule has 0 aliphatic rings. The average molecular weight is 393 g/mol. The molecule has 0 amide bonds. The van der Waals surface area contributed by atoms with E-state index in [0.717, 1.165) is 24.8 Å². The number of aliphatic hydroxyl groups is 1. The summed E-state index contributed by atoms with van der Waals surface area (Å²) in [5.74, 6) is 1.49. The highest BCUT2D eigenvalue weighted by atomic mass is 16.5. The number of hydrogen-bond donors (Lipinski definition) is 1. The van der Waals surface area contributed by atoms with E-state index in [1.165, 1.54) is 44.9 Å². The second-order valence-corrected chi connectivity index (χ2v) is 7.70. The number of carbonyl (C=O) groups is 1. The molecular weight excluding hydrogens is 352 g/mol. The molecule has 160 valence electrons. The van der Waals surface area contributed by atoms with Crippen LogP contribution in [0, 0.1) is 0 Å². The van der Waals surface area contributed by atoms with Crippen LogP contribution in [-0.2, 0) is 11.2 Å². The van der Waals surface area contributed by atoms with Gasteiger partial charge in [0.1, 0.15) is 5.78 Å². The topological polar surface area (TPSA) is 55.8 Å². The predicted octanol–water partition coefficient (Wildman–Crippen LogP) is 5.88. The lowest BCUT2D eigenvalue weighted by Gasteiger charge is -2.11. The molecule has 1 aromatic rings. The lowest BCUT2D eigenvalue weighted by Crippen LogP contribution is -2.14. The molecule has 0 fully saturated rings. The maximum absolute atomic E-state index is 12.1. The van der Waals surface area contributed by atoms with E-state index in [9.17, 15) is 9.90 Å². The van der Waals surface area contributed by atoms with E-state index in [0.29, 0.717) is 24.3 Å².